The minimum absolute atomic E-state index is 0.0385. The van der Waals surface area contributed by atoms with Gasteiger partial charge in [-0.2, -0.15) is 5.10 Å². The third-order valence-corrected chi connectivity index (χ3v) is 2.62. The number of aromatic nitrogens is 2. The van der Waals surface area contributed by atoms with E-state index < -0.39 is 5.97 Å². The van der Waals surface area contributed by atoms with E-state index in [1.165, 1.54) is 6.07 Å². The first-order valence-electron chi connectivity index (χ1n) is 5.58. The molecular weight excluding hydrogens is 232 g/mol. The van der Waals surface area contributed by atoms with Gasteiger partial charge < -0.3 is 9.84 Å². The number of carbonyl (C=O) groups is 1. The van der Waals surface area contributed by atoms with E-state index in [1.807, 2.05) is 24.3 Å². The molecule has 0 amide bonds. The van der Waals surface area contributed by atoms with E-state index in [9.17, 15) is 4.79 Å². The Balaban J connectivity index is 2.33. The van der Waals surface area contributed by atoms with Gasteiger partial charge in [0.15, 0.2) is 5.69 Å². The van der Waals surface area contributed by atoms with Crippen LogP contribution in [-0.4, -0.2) is 34.6 Å². The van der Waals surface area contributed by atoms with Gasteiger partial charge in [-0.15, -0.1) is 0 Å². The van der Waals surface area contributed by atoms with Crippen molar-refractivity contribution in [1.29, 1.82) is 0 Å². The third kappa shape index (κ3) is 2.57. The van der Waals surface area contributed by atoms with Gasteiger partial charge in [-0.25, -0.2) is 9.48 Å². The molecule has 0 aliphatic carbocycles. The molecule has 1 aromatic heterocycles. The standard InChI is InChI=1S/C13H14N2O3/c1-18-9-7-10-4-2-3-5-12(10)15-8-6-11(14-15)13(16)17/h2-6,8H,7,9H2,1H3,(H,16,17). The topological polar surface area (TPSA) is 64.3 Å². The van der Waals surface area contributed by atoms with Gasteiger partial charge in [0.25, 0.3) is 0 Å². The molecule has 0 aliphatic rings. The summed E-state index contributed by atoms with van der Waals surface area (Å²) in [7, 11) is 1.65. The Morgan fingerprint density at radius 3 is 2.83 bits per heavy atom. The van der Waals surface area contributed by atoms with Gasteiger partial charge in [-0.1, -0.05) is 18.2 Å². The summed E-state index contributed by atoms with van der Waals surface area (Å²) in [5.41, 5.74) is 1.98. The van der Waals surface area contributed by atoms with Crippen LogP contribution >= 0.6 is 0 Å². The molecule has 0 spiro atoms. The Morgan fingerprint density at radius 2 is 2.17 bits per heavy atom. The molecule has 18 heavy (non-hydrogen) atoms. The highest BCUT2D eigenvalue weighted by Crippen LogP contribution is 2.15. The van der Waals surface area contributed by atoms with Crippen LogP contribution < -0.4 is 0 Å². The number of ether oxygens (including phenoxy) is 1. The van der Waals surface area contributed by atoms with Gasteiger partial charge in [0.05, 0.1) is 12.3 Å². The first-order chi connectivity index (χ1) is 8.72. The van der Waals surface area contributed by atoms with E-state index in [-0.39, 0.29) is 5.69 Å². The molecule has 1 heterocycles. The Labute approximate surface area is 105 Å². The maximum absolute atomic E-state index is 10.8. The lowest BCUT2D eigenvalue weighted by Gasteiger charge is -2.08. The summed E-state index contributed by atoms with van der Waals surface area (Å²) in [5.74, 6) is -1.02. The first kappa shape index (κ1) is 12.3. The molecular formula is C13H14N2O3. The second-order valence-electron chi connectivity index (χ2n) is 3.82. The minimum atomic E-state index is -1.02. The van der Waals surface area contributed by atoms with Crippen LogP contribution in [0.15, 0.2) is 36.5 Å². The maximum atomic E-state index is 10.8. The van der Waals surface area contributed by atoms with Gasteiger partial charge in [0, 0.05) is 13.3 Å². The number of rotatable bonds is 5. The molecule has 0 fully saturated rings. The molecule has 0 saturated carbocycles. The normalized spacial score (nSPS) is 10.5. The summed E-state index contributed by atoms with van der Waals surface area (Å²) < 4.78 is 6.63. The Bertz CT molecular complexity index is 549. The van der Waals surface area contributed by atoms with Crippen LogP contribution in [0.1, 0.15) is 16.1 Å². The smallest absolute Gasteiger partial charge is 0.356 e. The van der Waals surface area contributed by atoms with Crippen molar-refractivity contribution in [1.82, 2.24) is 9.78 Å². The highest BCUT2D eigenvalue weighted by Gasteiger charge is 2.09. The fourth-order valence-corrected chi connectivity index (χ4v) is 1.73. The Hall–Kier alpha value is -2.14. The molecule has 1 N–H and O–H groups in total. The molecule has 2 rings (SSSR count). The van der Waals surface area contributed by atoms with Gasteiger partial charge in [0.1, 0.15) is 0 Å². The fraction of sp³-hybridized carbons (Fsp3) is 0.231. The van der Waals surface area contributed by atoms with Crippen LogP contribution in [0.2, 0.25) is 0 Å². The predicted molar refractivity (Wildman–Crippen MR) is 66.1 cm³/mol. The zero-order valence-corrected chi connectivity index (χ0v) is 10.0. The van der Waals surface area contributed by atoms with Crippen molar-refractivity contribution in [2.75, 3.05) is 13.7 Å². The molecule has 0 aliphatic heterocycles. The molecule has 5 heteroatoms. The highest BCUT2D eigenvalue weighted by atomic mass is 16.5. The van der Waals surface area contributed by atoms with Crippen LogP contribution in [0.5, 0.6) is 0 Å². The molecule has 0 unspecified atom stereocenters. The molecule has 0 atom stereocenters. The SMILES string of the molecule is COCCc1ccccc1-n1ccc(C(=O)O)n1. The molecule has 1 aromatic carbocycles. The van der Waals surface area contributed by atoms with Crippen LogP contribution in [0, 0.1) is 0 Å². The first-order valence-corrected chi connectivity index (χ1v) is 5.58. The van der Waals surface area contributed by atoms with E-state index in [4.69, 9.17) is 9.84 Å². The number of carboxylic acid groups (broad SMARTS) is 1. The van der Waals surface area contributed by atoms with Crippen molar-refractivity contribution < 1.29 is 14.6 Å². The average molecular weight is 246 g/mol. The third-order valence-electron chi connectivity index (χ3n) is 2.62. The number of aromatic carboxylic acids is 1. The Kier molecular flexibility index (Phi) is 3.74. The fourth-order valence-electron chi connectivity index (χ4n) is 1.73. The molecule has 94 valence electrons. The lowest BCUT2D eigenvalue weighted by atomic mass is 10.1. The number of benzene rings is 1. The summed E-state index contributed by atoms with van der Waals surface area (Å²) in [5, 5.41) is 12.9. The van der Waals surface area contributed by atoms with E-state index in [2.05, 4.69) is 5.10 Å². The summed E-state index contributed by atoms with van der Waals surface area (Å²) in [6.45, 7) is 0.615. The lowest BCUT2D eigenvalue weighted by Crippen LogP contribution is -2.05. The minimum Gasteiger partial charge on any atom is -0.476 e. The van der Waals surface area contributed by atoms with Crippen LogP contribution in [0.25, 0.3) is 5.69 Å². The molecule has 0 radical (unpaired) electrons. The monoisotopic (exact) mass is 246 g/mol. The molecule has 2 aromatic rings. The molecule has 5 nitrogen and oxygen atoms in total. The number of methoxy groups -OCH3 is 1. The van der Waals surface area contributed by atoms with E-state index in [0.717, 1.165) is 17.7 Å². The quantitative estimate of drug-likeness (QED) is 0.873. The van der Waals surface area contributed by atoms with E-state index >= 15 is 0 Å². The zero-order valence-electron chi connectivity index (χ0n) is 10.0. The van der Waals surface area contributed by atoms with Gasteiger partial charge in [-0.3, -0.25) is 0 Å². The van der Waals surface area contributed by atoms with Crippen molar-refractivity contribution in [3.05, 3.63) is 47.8 Å². The summed E-state index contributed by atoms with van der Waals surface area (Å²) in [4.78, 5) is 10.8. The van der Waals surface area contributed by atoms with Crippen molar-refractivity contribution in [2.45, 2.75) is 6.42 Å². The summed E-state index contributed by atoms with van der Waals surface area (Å²) in [6.07, 6.45) is 2.41. The van der Waals surface area contributed by atoms with Gasteiger partial charge in [0.2, 0.25) is 0 Å². The van der Waals surface area contributed by atoms with Crippen LogP contribution in [0.3, 0.4) is 0 Å². The summed E-state index contributed by atoms with van der Waals surface area (Å²) >= 11 is 0. The van der Waals surface area contributed by atoms with E-state index in [1.54, 1.807) is 18.0 Å². The zero-order chi connectivity index (χ0) is 13.0. The van der Waals surface area contributed by atoms with Crippen LogP contribution in [0.4, 0.5) is 0 Å². The second kappa shape index (κ2) is 5.46. The van der Waals surface area contributed by atoms with Crippen molar-refractivity contribution in [3.63, 3.8) is 0 Å². The average Bonchev–Trinajstić information content (AvgIpc) is 2.86. The number of para-hydroxylation sites is 1. The second-order valence-corrected chi connectivity index (χ2v) is 3.82. The highest BCUT2D eigenvalue weighted by molar-refractivity contribution is 5.85. The van der Waals surface area contributed by atoms with Crippen molar-refractivity contribution >= 4 is 5.97 Å². The largest absolute Gasteiger partial charge is 0.476 e. The number of nitrogens with zero attached hydrogens (tertiary/aromatic N) is 2. The number of carboxylic acids is 1. The van der Waals surface area contributed by atoms with Gasteiger partial charge in [-0.05, 0) is 24.1 Å². The maximum Gasteiger partial charge on any atom is 0.356 e. The van der Waals surface area contributed by atoms with Crippen molar-refractivity contribution in [3.8, 4) is 5.69 Å². The van der Waals surface area contributed by atoms with Crippen molar-refractivity contribution in [2.24, 2.45) is 0 Å². The molecule has 0 bridgehead atoms. The number of hydrogen-bond acceptors (Lipinski definition) is 3. The molecule has 0 saturated heterocycles. The van der Waals surface area contributed by atoms with Gasteiger partial charge >= 0.3 is 5.97 Å². The Morgan fingerprint density at radius 1 is 1.39 bits per heavy atom. The summed E-state index contributed by atoms with van der Waals surface area (Å²) in [6, 6.07) is 9.21. The van der Waals surface area contributed by atoms with E-state index in [0.29, 0.717) is 6.61 Å². The predicted octanol–water partition coefficient (Wildman–Crippen LogP) is 1.76. The number of hydrogen-bond donors (Lipinski definition) is 1. The van der Waals surface area contributed by atoms with Crippen LogP contribution in [-0.2, 0) is 11.2 Å². The lowest BCUT2D eigenvalue weighted by molar-refractivity contribution is 0.0690.